The van der Waals surface area contributed by atoms with Crippen LogP contribution in [0.4, 0.5) is 5.00 Å². The van der Waals surface area contributed by atoms with Gasteiger partial charge in [0, 0.05) is 22.4 Å². The second-order valence-electron chi connectivity index (χ2n) is 6.42. The molecule has 1 amide bonds. The molecule has 0 radical (unpaired) electrons. The highest BCUT2D eigenvalue weighted by Gasteiger charge is 2.22. The van der Waals surface area contributed by atoms with Crippen LogP contribution in [-0.4, -0.2) is 26.4 Å². The highest BCUT2D eigenvalue weighted by molar-refractivity contribution is 7.99. The van der Waals surface area contributed by atoms with Crippen LogP contribution in [0.2, 0.25) is 0 Å². The van der Waals surface area contributed by atoms with Crippen LogP contribution in [0.5, 0.6) is 0 Å². The van der Waals surface area contributed by atoms with E-state index in [1.165, 1.54) is 51.9 Å². The molecule has 0 atom stereocenters. The minimum atomic E-state index is -0.149. The Hall–Kier alpha value is -2.15. The Morgan fingerprint density at radius 1 is 1.36 bits per heavy atom. The molecule has 0 unspecified atom stereocenters. The van der Waals surface area contributed by atoms with Crippen molar-refractivity contribution in [1.82, 2.24) is 14.8 Å². The van der Waals surface area contributed by atoms with Gasteiger partial charge in [-0.3, -0.25) is 4.79 Å². The third kappa shape index (κ3) is 3.72. The number of amides is 1. The van der Waals surface area contributed by atoms with Crippen LogP contribution in [0.15, 0.2) is 22.0 Å². The fourth-order valence-corrected chi connectivity index (χ4v) is 6.03. The monoisotopic (exact) mass is 429 g/mol. The molecule has 0 bridgehead atoms. The summed E-state index contributed by atoms with van der Waals surface area (Å²) in [7, 11) is 0. The predicted octanol–water partition coefficient (Wildman–Crippen LogP) is 4.57. The second kappa shape index (κ2) is 8.47. The molecular weight excluding hydrogens is 410 g/mol. The van der Waals surface area contributed by atoms with Crippen molar-refractivity contribution in [1.29, 1.82) is 5.26 Å². The van der Waals surface area contributed by atoms with Gasteiger partial charge in [0.15, 0.2) is 11.0 Å². The topological polar surface area (TPSA) is 83.6 Å². The number of carbonyl (C=O) groups excluding carboxylic acids is 1. The van der Waals surface area contributed by atoms with Crippen molar-refractivity contribution < 1.29 is 4.79 Å². The van der Waals surface area contributed by atoms with Gasteiger partial charge in [-0.25, -0.2) is 0 Å². The zero-order chi connectivity index (χ0) is 19.5. The lowest BCUT2D eigenvalue weighted by molar-refractivity contribution is -0.113. The molecular formula is C19H19N5OS3. The van der Waals surface area contributed by atoms with E-state index in [1.54, 1.807) is 11.4 Å². The highest BCUT2D eigenvalue weighted by Crippen LogP contribution is 2.36. The molecule has 3 heterocycles. The maximum Gasteiger partial charge on any atom is 0.235 e. The third-order valence-electron chi connectivity index (χ3n) is 4.71. The number of thiophene rings is 2. The average Bonchev–Trinajstić information content (AvgIpc) is 3.43. The number of aromatic nitrogens is 3. The van der Waals surface area contributed by atoms with E-state index >= 15 is 0 Å². The predicted molar refractivity (Wildman–Crippen MR) is 114 cm³/mol. The number of aryl methyl sites for hydroxylation is 1. The zero-order valence-corrected chi connectivity index (χ0v) is 17.8. The van der Waals surface area contributed by atoms with Crippen molar-refractivity contribution in [3.8, 4) is 17.5 Å². The standard InChI is InChI=1S/C19H19N5OS3/c1-2-24-17(14-10-27-15-6-4-3-5-13(14)15)22-23-19(24)28-11-16(25)21-18-12(9-20)7-8-26-18/h7-8,10H,2-6,11H2,1H3,(H,21,25). The number of nitriles is 1. The highest BCUT2D eigenvalue weighted by atomic mass is 32.2. The molecule has 0 saturated heterocycles. The molecule has 28 heavy (non-hydrogen) atoms. The van der Waals surface area contributed by atoms with Gasteiger partial charge in [0.05, 0.1) is 11.3 Å². The Bertz CT molecular complexity index is 1040. The van der Waals surface area contributed by atoms with Crippen LogP contribution >= 0.6 is 34.4 Å². The lowest BCUT2D eigenvalue weighted by Crippen LogP contribution is -2.14. The summed E-state index contributed by atoms with van der Waals surface area (Å²) in [5.41, 5.74) is 3.11. The summed E-state index contributed by atoms with van der Waals surface area (Å²) in [6.45, 7) is 2.82. The summed E-state index contributed by atoms with van der Waals surface area (Å²) in [5, 5.41) is 26.0. The van der Waals surface area contributed by atoms with Crippen LogP contribution in [0.3, 0.4) is 0 Å². The normalized spacial score (nSPS) is 13.1. The van der Waals surface area contributed by atoms with E-state index in [0.717, 1.165) is 30.4 Å². The van der Waals surface area contributed by atoms with Gasteiger partial charge in [-0.05, 0) is 49.6 Å². The molecule has 4 rings (SSSR count). The van der Waals surface area contributed by atoms with Crippen molar-refractivity contribution in [2.24, 2.45) is 0 Å². The summed E-state index contributed by atoms with van der Waals surface area (Å²) < 4.78 is 2.08. The van der Waals surface area contributed by atoms with E-state index in [9.17, 15) is 4.79 Å². The van der Waals surface area contributed by atoms with Gasteiger partial charge in [-0.15, -0.1) is 32.9 Å². The summed E-state index contributed by atoms with van der Waals surface area (Å²) >= 11 is 4.55. The van der Waals surface area contributed by atoms with Gasteiger partial charge in [-0.2, -0.15) is 5.26 Å². The van der Waals surface area contributed by atoms with Gasteiger partial charge in [-0.1, -0.05) is 11.8 Å². The van der Waals surface area contributed by atoms with Gasteiger partial charge in [0.2, 0.25) is 5.91 Å². The lowest BCUT2D eigenvalue weighted by Gasteiger charge is -2.13. The van der Waals surface area contributed by atoms with Crippen molar-refractivity contribution in [3.05, 3.63) is 32.8 Å². The molecule has 0 fully saturated rings. The maximum absolute atomic E-state index is 12.3. The number of nitrogens with one attached hydrogen (secondary N) is 1. The first-order chi connectivity index (χ1) is 13.7. The summed E-state index contributed by atoms with van der Waals surface area (Å²) in [5.74, 6) is 0.974. The van der Waals surface area contributed by atoms with Gasteiger partial charge < -0.3 is 9.88 Å². The van der Waals surface area contributed by atoms with E-state index in [0.29, 0.717) is 10.6 Å². The number of nitrogens with zero attached hydrogens (tertiary/aromatic N) is 4. The molecule has 1 N–H and O–H groups in total. The van der Waals surface area contributed by atoms with E-state index in [-0.39, 0.29) is 11.7 Å². The second-order valence-corrected chi connectivity index (χ2v) is 9.24. The first kappa shape index (κ1) is 19.2. The number of fused-ring (bicyclic) bond motifs is 1. The fourth-order valence-electron chi connectivity index (χ4n) is 3.35. The molecule has 9 heteroatoms. The van der Waals surface area contributed by atoms with E-state index in [2.05, 4.69) is 38.5 Å². The lowest BCUT2D eigenvalue weighted by atomic mass is 9.96. The molecule has 0 aromatic carbocycles. The number of rotatable bonds is 6. The maximum atomic E-state index is 12.3. The minimum Gasteiger partial charge on any atom is -0.316 e. The van der Waals surface area contributed by atoms with E-state index in [1.807, 2.05) is 11.3 Å². The van der Waals surface area contributed by atoms with Gasteiger partial charge in [0.25, 0.3) is 0 Å². The molecule has 1 aliphatic carbocycles. The molecule has 0 saturated carbocycles. The Labute approximate surface area is 175 Å². The van der Waals surface area contributed by atoms with Crippen molar-refractivity contribution in [2.45, 2.75) is 44.3 Å². The molecule has 3 aromatic rings. The number of carbonyl (C=O) groups is 1. The quantitative estimate of drug-likeness (QED) is 0.580. The Morgan fingerprint density at radius 3 is 3.04 bits per heavy atom. The first-order valence-electron chi connectivity index (χ1n) is 9.14. The molecule has 1 aliphatic rings. The number of hydrogen-bond acceptors (Lipinski definition) is 7. The van der Waals surface area contributed by atoms with E-state index in [4.69, 9.17) is 5.26 Å². The minimum absolute atomic E-state index is 0.149. The summed E-state index contributed by atoms with van der Waals surface area (Å²) in [4.78, 5) is 13.8. The number of thioether (sulfide) groups is 1. The Kier molecular flexibility index (Phi) is 5.80. The van der Waals surface area contributed by atoms with Crippen molar-refractivity contribution in [2.75, 3.05) is 11.1 Å². The van der Waals surface area contributed by atoms with Crippen LogP contribution in [0.25, 0.3) is 11.4 Å². The van der Waals surface area contributed by atoms with Gasteiger partial charge >= 0.3 is 0 Å². The van der Waals surface area contributed by atoms with Crippen LogP contribution < -0.4 is 5.32 Å². The molecule has 6 nitrogen and oxygen atoms in total. The van der Waals surface area contributed by atoms with Crippen LogP contribution in [0.1, 0.15) is 35.8 Å². The number of anilines is 1. The fraction of sp³-hybridized carbons (Fsp3) is 0.368. The SMILES string of the molecule is CCn1c(SCC(=O)Nc2sccc2C#N)nnc1-c1csc2c1CCCC2. The summed E-state index contributed by atoms with van der Waals surface area (Å²) in [6, 6.07) is 3.78. The largest absolute Gasteiger partial charge is 0.316 e. The van der Waals surface area contributed by atoms with Crippen LogP contribution in [-0.2, 0) is 24.2 Å². The summed E-state index contributed by atoms with van der Waals surface area (Å²) in [6.07, 6.45) is 4.76. The van der Waals surface area contributed by atoms with Crippen molar-refractivity contribution in [3.63, 3.8) is 0 Å². The molecule has 0 aliphatic heterocycles. The smallest absolute Gasteiger partial charge is 0.235 e. The molecule has 3 aromatic heterocycles. The zero-order valence-electron chi connectivity index (χ0n) is 15.4. The number of hydrogen-bond donors (Lipinski definition) is 1. The van der Waals surface area contributed by atoms with Crippen molar-refractivity contribution >= 4 is 45.3 Å². The Balaban J connectivity index is 1.48. The first-order valence-corrected chi connectivity index (χ1v) is 11.9. The van der Waals surface area contributed by atoms with Crippen LogP contribution in [0, 0.1) is 11.3 Å². The Morgan fingerprint density at radius 2 is 2.21 bits per heavy atom. The molecule has 144 valence electrons. The van der Waals surface area contributed by atoms with E-state index < -0.39 is 0 Å². The van der Waals surface area contributed by atoms with Gasteiger partial charge in [0.1, 0.15) is 11.1 Å². The molecule has 0 spiro atoms. The average molecular weight is 430 g/mol. The third-order valence-corrected chi connectivity index (χ3v) is 7.59.